The largest absolute Gasteiger partial charge is 0.487 e. The highest BCUT2D eigenvalue weighted by atomic mass is 35.5. The van der Waals surface area contributed by atoms with Crippen LogP contribution in [0.5, 0.6) is 5.75 Å². The van der Waals surface area contributed by atoms with Crippen molar-refractivity contribution >= 4 is 21.4 Å². The zero-order chi connectivity index (χ0) is 22.0. The van der Waals surface area contributed by atoms with Crippen LogP contribution in [0.2, 0.25) is 5.02 Å². The van der Waals surface area contributed by atoms with Crippen molar-refractivity contribution in [3.05, 3.63) is 95.3 Å². The van der Waals surface area contributed by atoms with Gasteiger partial charge in [0.25, 0.3) is 0 Å². The average molecular weight is 453 g/mol. The predicted octanol–water partition coefficient (Wildman–Crippen LogP) is 5.48. The maximum absolute atomic E-state index is 11.8. The number of nitrogens with zero attached hydrogens (tertiary/aromatic N) is 2. The van der Waals surface area contributed by atoms with E-state index in [0.717, 1.165) is 22.7 Å². The second-order valence-electron chi connectivity index (χ2n) is 7.30. The van der Waals surface area contributed by atoms with Gasteiger partial charge in [-0.05, 0) is 67.6 Å². The van der Waals surface area contributed by atoms with E-state index in [1.807, 2.05) is 66.2 Å². The second-order valence-corrected chi connectivity index (χ2v) is 9.75. The molecule has 4 aromatic rings. The third-order valence-corrected chi connectivity index (χ3v) is 6.19. The van der Waals surface area contributed by atoms with Crippen molar-refractivity contribution in [2.45, 2.75) is 18.4 Å². The van der Waals surface area contributed by atoms with Crippen molar-refractivity contribution in [3.63, 3.8) is 0 Å². The van der Waals surface area contributed by atoms with Crippen LogP contribution in [0.15, 0.2) is 83.9 Å². The standard InChI is InChI=1S/C24H21ClN2O3S/c1-17-3-11-22(12-4-17)30-16-20-15-27(21-9-13-23(14-10-21)31(2,28)29)24(26-20)18-5-7-19(25)8-6-18/h3-15H,16H2,1-2H3. The molecule has 7 heteroatoms. The average Bonchev–Trinajstić information content (AvgIpc) is 3.18. The molecule has 0 spiro atoms. The van der Waals surface area contributed by atoms with Crippen LogP contribution in [-0.2, 0) is 16.4 Å². The van der Waals surface area contributed by atoms with E-state index in [1.54, 1.807) is 24.3 Å². The fraction of sp³-hybridized carbons (Fsp3) is 0.125. The van der Waals surface area contributed by atoms with Crippen LogP contribution in [0.3, 0.4) is 0 Å². The van der Waals surface area contributed by atoms with E-state index in [4.69, 9.17) is 21.3 Å². The Kier molecular flexibility index (Phi) is 5.85. The van der Waals surface area contributed by atoms with Gasteiger partial charge in [0.2, 0.25) is 0 Å². The summed E-state index contributed by atoms with van der Waals surface area (Å²) in [5, 5.41) is 0.641. The molecule has 0 aliphatic carbocycles. The van der Waals surface area contributed by atoms with E-state index in [2.05, 4.69) is 0 Å². The molecule has 0 aliphatic heterocycles. The number of sulfone groups is 1. The van der Waals surface area contributed by atoms with Crippen molar-refractivity contribution in [3.8, 4) is 22.8 Å². The monoisotopic (exact) mass is 452 g/mol. The van der Waals surface area contributed by atoms with E-state index in [0.29, 0.717) is 17.5 Å². The minimum Gasteiger partial charge on any atom is -0.487 e. The molecule has 0 saturated heterocycles. The molecule has 4 rings (SSSR count). The number of halogens is 1. The molecule has 1 aromatic heterocycles. The lowest BCUT2D eigenvalue weighted by Gasteiger charge is -2.09. The Morgan fingerprint density at radius 2 is 1.58 bits per heavy atom. The van der Waals surface area contributed by atoms with Gasteiger partial charge < -0.3 is 4.74 Å². The summed E-state index contributed by atoms with van der Waals surface area (Å²) in [4.78, 5) is 5.04. The van der Waals surface area contributed by atoms with Gasteiger partial charge in [-0.15, -0.1) is 0 Å². The van der Waals surface area contributed by atoms with Crippen molar-refractivity contribution in [2.75, 3.05) is 6.26 Å². The molecule has 5 nitrogen and oxygen atoms in total. The normalized spacial score (nSPS) is 11.5. The number of rotatable bonds is 6. The van der Waals surface area contributed by atoms with E-state index in [9.17, 15) is 8.42 Å². The number of hydrogen-bond donors (Lipinski definition) is 0. The molecule has 0 fully saturated rings. The molecule has 31 heavy (non-hydrogen) atoms. The lowest BCUT2D eigenvalue weighted by atomic mass is 10.2. The number of aryl methyl sites for hydroxylation is 1. The highest BCUT2D eigenvalue weighted by molar-refractivity contribution is 7.90. The van der Waals surface area contributed by atoms with Crippen molar-refractivity contribution < 1.29 is 13.2 Å². The van der Waals surface area contributed by atoms with Crippen molar-refractivity contribution in [2.24, 2.45) is 0 Å². The summed E-state index contributed by atoms with van der Waals surface area (Å²) in [5.41, 5.74) is 3.60. The fourth-order valence-electron chi connectivity index (χ4n) is 3.14. The highest BCUT2D eigenvalue weighted by Crippen LogP contribution is 2.26. The van der Waals surface area contributed by atoms with Gasteiger partial charge in [0.15, 0.2) is 9.84 Å². The number of aromatic nitrogens is 2. The molecule has 0 bridgehead atoms. The van der Waals surface area contributed by atoms with E-state index < -0.39 is 9.84 Å². The lowest BCUT2D eigenvalue weighted by Crippen LogP contribution is -1.99. The van der Waals surface area contributed by atoms with Gasteiger partial charge >= 0.3 is 0 Å². The predicted molar refractivity (Wildman–Crippen MR) is 123 cm³/mol. The van der Waals surface area contributed by atoms with Gasteiger partial charge in [-0.1, -0.05) is 29.3 Å². The third-order valence-electron chi connectivity index (χ3n) is 4.81. The fourth-order valence-corrected chi connectivity index (χ4v) is 3.90. The molecular weight excluding hydrogens is 432 g/mol. The van der Waals surface area contributed by atoms with Gasteiger partial charge in [-0.25, -0.2) is 13.4 Å². The summed E-state index contributed by atoms with van der Waals surface area (Å²) in [6.07, 6.45) is 3.09. The summed E-state index contributed by atoms with van der Waals surface area (Å²) < 4.78 is 31.4. The van der Waals surface area contributed by atoms with Crippen LogP contribution < -0.4 is 4.74 Å². The maximum Gasteiger partial charge on any atom is 0.175 e. The quantitative estimate of drug-likeness (QED) is 0.388. The van der Waals surface area contributed by atoms with Crippen molar-refractivity contribution in [1.29, 1.82) is 0 Å². The smallest absolute Gasteiger partial charge is 0.175 e. The first kappa shape index (κ1) is 21.2. The highest BCUT2D eigenvalue weighted by Gasteiger charge is 2.14. The summed E-state index contributed by atoms with van der Waals surface area (Å²) >= 11 is 6.05. The molecule has 0 saturated carbocycles. The number of ether oxygens (including phenoxy) is 1. The van der Waals surface area contributed by atoms with Crippen LogP contribution in [0.4, 0.5) is 0 Å². The Morgan fingerprint density at radius 1 is 0.935 bits per heavy atom. The Labute approximate surface area is 186 Å². The summed E-state index contributed by atoms with van der Waals surface area (Å²) in [7, 11) is -3.27. The zero-order valence-electron chi connectivity index (χ0n) is 17.1. The first-order valence-electron chi connectivity index (χ1n) is 9.64. The molecule has 1 heterocycles. The zero-order valence-corrected chi connectivity index (χ0v) is 18.7. The van der Waals surface area contributed by atoms with Crippen LogP contribution in [0.25, 0.3) is 17.1 Å². The van der Waals surface area contributed by atoms with E-state index >= 15 is 0 Å². The topological polar surface area (TPSA) is 61.2 Å². The summed E-state index contributed by atoms with van der Waals surface area (Å²) in [5.74, 6) is 1.48. The van der Waals surface area contributed by atoms with E-state index in [1.165, 1.54) is 11.8 Å². The molecule has 3 aromatic carbocycles. The minimum atomic E-state index is -3.27. The summed E-state index contributed by atoms with van der Waals surface area (Å²) in [6, 6.07) is 22.0. The molecule has 0 N–H and O–H groups in total. The van der Waals surface area contributed by atoms with Crippen LogP contribution in [0.1, 0.15) is 11.3 Å². The minimum absolute atomic E-state index is 0.271. The molecular formula is C24H21ClN2O3S. The van der Waals surface area contributed by atoms with Gasteiger partial charge in [0, 0.05) is 28.7 Å². The Morgan fingerprint density at radius 3 is 2.19 bits per heavy atom. The van der Waals surface area contributed by atoms with Crippen LogP contribution >= 0.6 is 11.6 Å². The molecule has 0 unspecified atom stereocenters. The van der Waals surface area contributed by atoms with Crippen molar-refractivity contribution in [1.82, 2.24) is 9.55 Å². The van der Waals surface area contributed by atoms with Gasteiger partial charge in [-0.2, -0.15) is 0 Å². The molecule has 0 aliphatic rings. The third kappa shape index (κ3) is 4.98. The molecule has 158 valence electrons. The van der Waals surface area contributed by atoms with E-state index in [-0.39, 0.29) is 4.90 Å². The Bertz CT molecular complexity index is 1290. The molecule has 0 atom stereocenters. The number of hydrogen-bond acceptors (Lipinski definition) is 4. The number of benzene rings is 3. The maximum atomic E-state index is 11.8. The van der Waals surface area contributed by atoms with Gasteiger partial charge in [-0.3, -0.25) is 4.57 Å². The van der Waals surface area contributed by atoms with Gasteiger partial charge in [0.05, 0.1) is 10.6 Å². The SMILES string of the molecule is Cc1ccc(OCc2cn(-c3ccc(S(C)(=O)=O)cc3)c(-c3ccc(Cl)cc3)n2)cc1. The Hall–Kier alpha value is -3.09. The second kappa shape index (κ2) is 8.57. The number of imidazole rings is 1. The van der Waals surface area contributed by atoms with Crippen LogP contribution in [-0.4, -0.2) is 24.2 Å². The Balaban J connectivity index is 1.70. The first-order chi connectivity index (χ1) is 14.8. The first-order valence-corrected chi connectivity index (χ1v) is 11.9. The summed E-state index contributed by atoms with van der Waals surface area (Å²) in [6.45, 7) is 2.33. The molecule has 0 amide bonds. The lowest BCUT2D eigenvalue weighted by molar-refractivity contribution is 0.302. The van der Waals surface area contributed by atoms with Crippen LogP contribution in [0, 0.1) is 6.92 Å². The van der Waals surface area contributed by atoms with Gasteiger partial charge in [0.1, 0.15) is 18.2 Å². The molecule has 0 radical (unpaired) electrons.